The number of imide groups is 1. The Morgan fingerprint density at radius 2 is 2.14 bits per heavy atom. The first-order valence-electron chi connectivity index (χ1n) is 12.2. The molecule has 21 heteroatoms. The number of rotatable bonds is 11. The van der Waals surface area contributed by atoms with E-state index in [1.165, 1.54) is 18.6 Å². The van der Waals surface area contributed by atoms with Gasteiger partial charge in [0.2, 0.25) is 11.7 Å². The first kappa shape index (κ1) is 32.1. The van der Waals surface area contributed by atoms with Crippen molar-refractivity contribution in [3.05, 3.63) is 33.8 Å². The van der Waals surface area contributed by atoms with Gasteiger partial charge >= 0.3 is 30.1 Å². The van der Waals surface area contributed by atoms with E-state index in [-0.39, 0.29) is 46.0 Å². The molecule has 0 bridgehead atoms. The lowest BCUT2D eigenvalue weighted by molar-refractivity contribution is -0.771. The molecule has 2 fully saturated rings. The largest absolute Gasteiger partial charge is 0.474 e. The number of hydrogen-bond acceptors (Lipinski definition) is 16. The van der Waals surface area contributed by atoms with E-state index >= 15 is 0 Å². The van der Waals surface area contributed by atoms with Crippen LogP contribution in [-0.2, 0) is 33.6 Å². The number of carboxylic acid groups (broad SMARTS) is 1. The summed E-state index contributed by atoms with van der Waals surface area (Å²) in [6.45, 7) is 1.56. The van der Waals surface area contributed by atoms with Gasteiger partial charge in [-0.1, -0.05) is 35.6 Å². The van der Waals surface area contributed by atoms with Crippen LogP contribution in [0, 0.1) is 0 Å². The van der Waals surface area contributed by atoms with Gasteiger partial charge in [-0.25, -0.2) is 19.4 Å². The van der Waals surface area contributed by atoms with Gasteiger partial charge in [-0.15, -0.1) is 15.8 Å². The molecule has 4 rings (SSSR count). The van der Waals surface area contributed by atoms with Crippen LogP contribution in [0.3, 0.4) is 0 Å². The Morgan fingerprint density at radius 1 is 1.42 bits per heavy atom. The minimum Gasteiger partial charge on any atom is -0.474 e. The number of nitrogens with two attached hydrogens (primary N) is 1. The van der Waals surface area contributed by atoms with Crippen molar-refractivity contribution < 1.29 is 53.5 Å². The number of allylic oxidation sites excluding steroid dienone is 1. The highest BCUT2D eigenvalue weighted by Gasteiger charge is 2.71. The van der Waals surface area contributed by atoms with E-state index in [2.05, 4.69) is 15.5 Å². The van der Waals surface area contributed by atoms with Gasteiger partial charge < -0.3 is 26.1 Å². The summed E-state index contributed by atoms with van der Waals surface area (Å²) in [5, 5.41) is 36.6. The van der Waals surface area contributed by atoms with Crippen molar-refractivity contribution in [3.63, 3.8) is 0 Å². The Labute approximate surface area is 254 Å². The third kappa shape index (κ3) is 5.39. The van der Waals surface area contributed by atoms with E-state index in [1.54, 1.807) is 12.3 Å². The van der Waals surface area contributed by atoms with Gasteiger partial charge in [0.05, 0.1) is 0 Å². The fourth-order valence-corrected chi connectivity index (χ4v) is 7.43. The molecule has 230 valence electrons. The highest BCUT2D eigenvalue weighted by Crippen LogP contribution is 2.47. The lowest BCUT2D eigenvalue weighted by atomic mass is 9.97. The smallest absolute Gasteiger partial charge is 0.391 e. The summed E-state index contributed by atoms with van der Waals surface area (Å²) in [5.74, 6) is -5.73. The molecule has 7 N–H and O–H groups in total. The number of thiazole rings is 1. The fourth-order valence-electron chi connectivity index (χ4n) is 4.56. The van der Waals surface area contributed by atoms with Crippen molar-refractivity contribution in [2.45, 2.75) is 29.9 Å². The molecule has 0 spiro atoms. The summed E-state index contributed by atoms with van der Waals surface area (Å²) >= 11 is 2.49. The Balaban J connectivity index is 1.60. The molecule has 3 aliphatic heterocycles. The zero-order valence-electron chi connectivity index (χ0n) is 22.3. The van der Waals surface area contributed by atoms with Crippen molar-refractivity contribution in [2.75, 3.05) is 25.1 Å². The van der Waals surface area contributed by atoms with E-state index in [4.69, 9.17) is 10.6 Å². The summed E-state index contributed by atoms with van der Waals surface area (Å²) in [6, 6.07) is -1.28. The maximum atomic E-state index is 13.4. The number of carboxylic acids is 1. The van der Waals surface area contributed by atoms with Crippen LogP contribution in [0.1, 0.15) is 19.0 Å². The number of nitrogen functional groups attached to an aromatic ring is 1. The van der Waals surface area contributed by atoms with Gasteiger partial charge in [-0.3, -0.25) is 29.9 Å². The highest BCUT2D eigenvalue weighted by atomic mass is 32.2. The number of fused-ring (bicyclic) bond motifs is 1. The molecule has 0 radical (unpaired) electrons. The number of aliphatic hydroxyl groups is 1. The molecular weight excluding hydrogens is 632 g/mol. The predicted molar refractivity (Wildman–Crippen MR) is 150 cm³/mol. The summed E-state index contributed by atoms with van der Waals surface area (Å²) in [6.07, 6.45) is 1.69. The Kier molecular flexibility index (Phi) is 9.24. The second kappa shape index (κ2) is 12.4. The number of thioether (sulfide) groups is 2. The number of β-lactam (4-membered cyclic amide) rings is 1. The molecule has 0 aliphatic carbocycles. The Morgan fingerprint density at radius 3 is 2.72 bits per heavy atom. The standard InChI is InChI=1S/C22H24N8O10S3/c1-3-5-28-17(34)16(33)26-29(39)22(28,38)43-6-4-10-7-41-19-13(18(35)30(19,9-31)14(10)20(36)37)25-15(32)12(27-40-2)11-8-42-21(23)24-11/h4,6,8-9,13,19,38-39H,3,5,7H2,1-2H3,(H4-,23,24,25,26,32,33,36,37)/p+1. The summed E-state index contributed by atoms with van der Waals surface area (Å²) in [7, 11) is 1.19. The minimum atomic E-state index is -2.49. The van der Waals surface area contributed by atoms with Crippen LogP contribution in [0.15, 0.2) is 33.3 Å². The van der Waals surface area contributed by atoms with Crippen LogP contribution in [0.5, 0.6) is 0 Å². The van der Waals surface area contributed by atoms with Crippen molar-refractivity contribution in [1.29, 1.82) is 0 Å². The number of anilines is 1. The number of hydrogen-bond donors (Lipinski definition) is 6. The third-order valence-corrected chi connectivity index (χ3v) is 9.52. The molecule has 4 atom stereocenters. The van der Waals surface area contributed by atoms with Gasteiger partial charge in [-0.2, -0.15) is 0 Å². The monoisotopic (exact) mass is 657 g/mol. The van der Waals surface area contributed by atoms with Crippen LogP contribution in [0.25, 0.3) is 0 Å². The number of hydroxylamine groups is 1. The van der Waals surface area contributed by atoms with Gasteiger partial charge in [0, 0.05) is 23.3 Å². The normalized spacial score (nSPS) is 28.0. The molecule has 43 heavy (non-hydrogen) atoms. The second-order valence-electron chi connectivity index (χ2n) is 8.95. The highest BCUT2D eigenvalue weighted by molar-refractivity contribution is 8.03. The summed E-state index contributed by atoms with van der Waals surface area (Å²) in [5.41, 5.74) is 6.64. The minimum absolute atomic E-state index is 0.00682. The lowest BCUT2D eigenvalue weighted by Gasteiger charge is -2.50. The SMILES string of the molecule is CCCN1C(=O)C(=O)NN(O)C1(O)SC=CC1=C(C(=O)O)[N+]2(C=O)C(=O)C(NC(=O)C(=NOC)c3csc(N)n3)C2SC1. The molecule has 1 aromatic heterocycles. The van der Waals surface area contributed by atoms with Crippen molar-refractivity contribution >= 4 is 81.7 Å². The van der Waals surface area contributed by atoms with E-state index in [0.717, 1.165) is 28.5 Å². The molecule has 5 amide bonds. The molecule has 3 aliphatic rings. The van der Waals surface area contributed by atoms with E-state index in [9.17, 15) is 44.2 Å². The first-order valence-corrected chi connectivity index (χ1v) is 15.0. The number of nitrogens with zero attached hydrogens (tertiary/aromatic N) is 5. The van der Waals surface area contributed by atoms with Crippen molar-refractivity contribution in [3.8, 4) is 0 Å². The number of oxime groups is 1. The van der Waals surface area contributed by atoms with E-state index < -0.39 is 56.4 Å². The number of quaternary nitrogens is 1. The van der Waals surface area contributed by atoms with Crippen LogP contribution < -0.4 is 16.5 Å². The Bertz CT molecular complexity index is 1480. The third-order valence-electron chi connectivity index (χ3n) is 6.44. The number of hydrazine groups is 1. The van der Waals surface area contributed by atoms with Crippen LogP contribution in [0.2, 0.25) is 0 Å². The average molecular weight is 658 g/mol. The molecule has 1 aromatic rings. The average Bonchev–Trinajstić information content (AvgIpc) is 3.40. The maximum Gasteiger partial charge on any atom is 0.391 e. The molecule has 4 heterocycles. The predicted octanol–water partition coefficient (Wildman–Crippen LogP) is -1.69. The van der Waals surface area contributed by atoms with Gasteiger partial charge in [0.25, 0.3) is 11.1 Å². The molecule has 0 aromatic carbocycles. The lowest BCUT2D eigenvalue weighted by Crippen LogP contribution is -2.81. The topological polar surface area (TPSA) is 254 Å². The zero-order chi connectivity index (χ0) is 31.7. The molecule has 2 saturated heterocycles. The Hall–Kier alpha value is -3.86. The molecule has 18 nitrogen and oxygen atoms in total. The van der Waals surface area contributed by atoms with Gasteiger partial charge in [-0.05, 0) is 23.1 Å². The first-order chi connectivity index (χ1) is 20.4. The zero-order valence-corrected chi connectivity index (χ0v) is 24.8. The van der Waals surface area contributed by atoms with Gasteiger partial charge in [0.15, 0.2) is 16.2 Å². The molecule has 4 unspecified atom stereocenters. The fraction of sp³-hybridized carbons (Fsp3) is 0.364. The van der Waals surface area contributed by atoms with Crippen molar-refractivity contribution in [1.82, 2.24) is 25.8 Å². The van der Waals surface area contributed by atoms with Crippen molar-refractivity contribution in [2.24, 2.45) is 5.16 Å². The van der Waals surface area contributed by atoms with Crippen LogP contribution >= 0.6 is 34.9 Å². The number of carbonyl (C=O) groups excluding carboxylic acids is 5. The number of aromatic nitrogens is 1. The number of amides is 5. The van der Waals surface area contributed by atoms with E-state index in [1.807, 2.05) is 0 Å². The number of nitrogens with one attached hydrogen (secondary N) is 2. The molecule has 0 saturated carbocycles. The van der Waals surface area contributed by atoms with E-state index in [0.29, 0.717) is 23.1 Å². The summed E-state index contributed by atoms with van der Waals surface area (Å²) in [4.78, 5) is 84.7. The van der Waals surface area contributed by atoms with Gasteiger partial charge in [0.1, 0.15) is 12.8 Å². The number of carbonyl (C=O) groups is 6. The number of aliphatic carboxylic acids is 1. The molecular formula is C22H25N8O10S3+. The van der Waals surface area contributed by atoms with Crippen LogP contribution in [0.4, 0.5) is 5.13 Å². The maximum absolute atomic E-state index is 13.4. The summed E-state index contributed by atoms with van der Waals surface area (Å²) < 4.78 is -1.25. The quantitative estimate of drug-likeness (QED) is 0.0295. The van der Waals surface area contributed by atoms with Crippen LogP contribution in [-0.4, -0.2) is 113 Å². The second-order valence-corrected chi connectivity index (χ2v) is 12.0.